The molecule has 0 aromatic heterocycles. The largest absolute Gasteiger partial charge is 0.486 e. The summed E-state index contributed by atoms with van der Waals surface area (Å²) in [7, 11) is 0. The first kappa shape index (κ1) is 14.1. The lowest BCUT2D eigenvalue weighted by molar-refractivity contribution is 0.171. The Hall–Kier alpha value is -0.900. The van der Waals surface area contributed by atoms with Crippen molar-refractivity contribution in [2.24, 2.45) is 5.92 Å². The van der Waals surface area contributed by atoms with E-state index in [9.17, 15) is 0 Å². The fourth-order valence-corrected chi connectivity index (χ4v) is 3.55. The highest BCUT2D eigenvalue weighted by Crippen LogP contribution is 2.39. The zero-order valence-electron chi connectivity index (χ0n) is 12.0. The Labute approximate surface area is 129 Å². The third kappa shape index (κ3) is 3.05. The Morgan fingerprint density at radius 2 is 1.75 bits per heavy atom. The molecule has 1 N–H and O–H groups in total. The molecule has 0 atom stereocenters. The lowest BCUT2D eigenvalue weighted by atomic mass is 9.84. The van der Waals surface area contributed by atoms with Crippen LogP contribution in [0.25, 0.3) is 0 Å². The van der Waals surface area contributed by atoms with Crippen molar-refractivity contribution in [3.63, 3.8) is 0 Å². The number of ether oxygens (including phenoxy) is 2. The standard InChI is InChI=1S/C16H22BrNO2/c1-2-11-3-5-12(6-4-11)18-14-10-16-15(9-13(14)17)19-7-8-20-16/h9-12,18H,2-8H2,1H3. The van der Waals surface area contributed by atoms with Crippen LogP contribution in [0, 0.1) is 5.92 Å². The van der Waals surface area contributed by atoms with Gasteiger partial charge >= 0.3 is 0 Å². The molecule has 1 aliphatic heterocycles. The second kappa shape index (κ2) is 6.25. The van der Waals surface area contributed by atoms with Gasteiger partial charge in [0.1, 0.15) is 13.2 Å². The van der Waals surface area contributed by atoms with Gasteiger partial charge in [0.25, 0.3) is 0 Å². The maximum absolute atomic E-state index is 5.66. The van der Waals surface area contributed by atoms with Crippen molar-refractivity contribution >= 4 is 21.6 Å². The lowest BCUT2D eigenvalue weighted by Gasteiger charge is -2.30. The molecule has 4 heteroatoms. The van der Waals surface area contributed by atoms with Gasteiger partial charge in [-0.05, 0) is 47.5 Å². The molecular formula is C16H22BrNO2. The van der Waals surface area contributed by atoms with Crippen molar-refractivity contribution in [3.8, 4) is 11.5 Å². The second-order valence-corrected chi connectivity index (χ2v) is 6.60. The van der Waals surface area contributed by atoms with E-state index in [1.165, 1.54) is 32.1 Å². The van der Waals surface area contributed by atoms with Crippen LogP contribution in [0.1, 0.15) is 39.0 Å². The Morgan fingerprint density at radius 3 is 2.40 bits per heavy atom. The maximum Gasteiger partial charge on any atom is 0.163 e. The molecule has 0 saturated heterocycles. The third-order valence-corrected chi connectivity index (χ3v) is 5.07. The first-order valence-corrected chi connectivity index (χ1v) is 8.41. The van der Waals surface area contributed by atoms with E-state index in [4.69, 9.17) is 9.47 Å². The van der Waals surface area contributed by atoms with Crippen molar-refractivity contribution in [1.82, 2.24) is 0 Å². The van der Waals surface area contributed by atoms with E-state index < -0.39 is 0 Å². The molecular weight excluding hydrogens is 318 g/mol. The van der Waals surface area contributed by atoms with Gasteiger partial charge < -0.3 is 14.8 Å². The fraction of sp³-hybridized carbons (Fsp3) is 0.625. The third-order valence-electron chi connectivity index (χ3n) is 4.42. The highest BCUT2D eigenvalue weighted by Gasteiger charge is 2.21. The zero-order valence-corrected chi connectivity index (χ0v) is 13.5. The van der Waals surface area contributed by atoms with Gasteiger partial charge in [-0.1, -0.05) is 13.3 Å². The summed E-state index contributed by atoms with van der Waals surface area (Å²) in [6.07, 6.45) is 6.53. The molecule has 0 amide bonds. The fourth-order valence-electron chi connectivity index (χ4n) is 3.11. The van der Waals surface area contributed by atoms with Crippen LogP contribution in [0.2, 0.25) is 0 Å². The van der Waals surface area contributed by atoms with Crippen molar-refractivity contribution in [2.75, 3.05) is 18.5 Å². The summed E-state index contributed by atoms with van der Waals surface area (Å²) in [5.74, 6) is 2.62. The quantitative estimate of drug-likeness (QED) is 0.872. The minimum absolute atomic E-state index is 0.580. The van der Waals surface area contributed by atoms with E-state index in [1.807, 2.05) is 6.07 Å². The molecule has 1 saturated carbocycles. The van der Waals surface area contributed by atoms with Crippen LogP contribution in [0.3, 0.4) is 0 Å². The number of rotatable bonds is 3. The van der Waals surface area contributed by atoms with Gasteiger partial charge in [-0.3, -0.25) is 0 Å². The van der Waals surface area contributed by atoms with Gasteiger partial charge in [-0.25, -0.2) is 0 Å². The number of halogens is 1. The summed E-state index contributed by atoms with van der Waals surface area (Å²) in [5, 5.41) is 3.66. The topological polar surface area (TPSA) is 30.5 Å². The molecule has 0 bridgehead atoms. The smallest absolute Gasteiger partial charge is 0.163 e. The highest BCUT2D eigenvalue weighted by atomic mass is 79.9. The predicted molar refractivity (Wildman–Crippen MR) is 84.8 cm³/mol. The summed E-state index contributed by atoms with van der Waals surface area (Å²) < 4.78 is 12.3. The van der Waals surface area contributed by atoms with E-state index in [0.29, 0.717) is 19.3 Å². The maximum atomic E-state index is 5.66. The molecule has 1 aromatic carbocycles. The van der Waals surface area contributed by atoms with Gasteiger partial charge in [0.05, 0.1) is 5.69 Å². The Kier molecular flexibility index (Phi) is 4.39. The van der Waals surface area contributed by atoms with Crippen LogP contribution < -0.4 is 14.8 Å². The molecule has 3 nitrogen and oxygen atoms in total. The number of fused-ring (bicyclic) bond motifs is 1. The molecule has 1 fully saturated rings. The Balaban J connectivity index is 1.68. The average molecular weight is 340 g/mol. The van der Waals surface area contributed by atoms with E-state index >= 15 is 0 Å². The first-order chi connectivity index (χ1) is 9.76. The van der Waals surface area contributed by atoms with Crippen molar-refractivity contribution in [3.05, 3.63) is 16.6 Å². The zero-order chi connectivity index (χ0) is 13.9. The molecule has 110 valence electrons. The van der Waals surface area contributed by atoms with E-state index in [2.05, 4.69) is 34.2 Å². The molecule has 1 aliphatic carbocycles. The van der Waals surface area contributed by atoms with Crippen LogP contribution in [-0.4, -0.2) is 19.3 Å². The molecule has 0 spiro atoms. The number of anilines is 1. The van der Waals surface area contributed by atoms with Crippen LogP contribution in [0.5, 0.6) is 11.5 Å². The monoisotopic (exact) mass is 339 g/mol. The van der Waals surface area contributed by atoms with Gasteiger partial charge in [0.2, 0.25) is 0 Å². The average Bonchev–Trinajstić information content (AvgIpc) is 2.49. The number of hydrogen-bond acceptors (Lipinski definition) is 3. The van der Waals surface area contributed by atoms with E-state index in [0.717, 1.165) is 27.6 Å². The number of benzene rings is 1. The summed E-state index contributed by atoms with van der Waals surface area (Å²) in [6.45, 7) is 3.57. The first-order valence-electron chi connectivity index (χ1n) is 7.62. The van der Waals surface area contributed by atoms with Crippen LogP contribution >= 0.6 is 15.9 Å². The van der Waals surface area contributed by atoms with Crippen molar-refractivity contribution in [1.29, 1.82) is 0 Å². The number of nitrogens with one attached hydrogen (secondary N) is 1. The number of hydrogen-bond donors (Lipinski definition) is 1. The molecule has 0 radical (unpaired) electrons. The summed E-state index contributed by atoms with van der Waals surface area (Å²) >= 11 is 3.63. The lowest BCUT2D eigenvalue weighted by Crippen LogP contribution is -2.26. The van der Waals surface area contributed by atoms with Gasteiger partial charge in [-0.2, -0.15) is 0 Å². The molecule has 1 aromatic rings. The van der Waals surface area contributed by atoms with Gasteiger partial charge in [0.15, 0.2) is 11.5 Å². The summed E-state index contributed by atoms with van der Waals surface area (Å²) in [5.41, 5.74) is 1.12. The Morgan fingerprint density at radius 1 is 1.10 bits per heavy atom. The highest BCUT2D eigenvalue weighted by molar-refractivity contribution is 9.10. The van der Waals surface area contributed by atoms with E-state index in [-0.39, 0.29) is 0 Å². The Bertz CT molecular complexity index is 470. The van der Waals surface area contributed by atoms with E-state index in [1.54, 1.807) is 0 Å². The van der Waals surface area contributed by atoms with Gasteiger partial charge in [0, 0.05) is 22.6 Å². The predicted octanol–water partition coefficient (Wildman–Crippen LogP) is 4.60. The van der Waals surface area contributed by atoms with Crippen LogP contribution in [-0.2, 0) is 0 Å². The van der Waals surface area contributed by atoms with Crippen molar-refractivity contribution in [2.45, 2.75) is 45.1 Å². The molecule has 20 heavy (non-hydrogen) atoms. The second-order valence-electron chi connectivity index (χ2n) is 5.75. The van der Waals surface area contributed by atoms with Crippen LogP contribution in [0.4, 0.5) is 5.69 Å². The SMILES string of the molecule is CCC1CCC(Nc2cc3c(cc2Br)OCCO3)CC1. The minimum atomic E-state index is 0.580. The molecule has 3 rings (SSSR count). The normalized spacial score (nSPS) is 25.3. The molecule has 2 aliphatic rings. The van der Waals surface area contributed by atoms with Crippen LogP contribution in [0.15, 0.2) is 16.6 Å². The summed E-state index contributed by atoms with van der Waals surface area (Å²) in [6, 6.07) is 4.65. The molecule has 0 unspecified atom stereocenters. The minimum Gasteiger partial charge on any atom is -0.486 e. The van der Waals surface area contributed by atoms with Gasteiger partial charge in [-0.15, -0.1) is 0 Å². The molecule has 1 heterocycles. The summed E-state index contributed by atoms with van der Waals surface area (Å²) in [4.78, 5) is 0. The van der Waals surface area contributed by atoms with Crippen molar-refractivity contribution < 1.29 is 9.47 Å².